The summed E-state index contributed by atoms with van der Waals surface area (Å²) < 4.78 is 25.7. The molecule has 1 aromatic heterocycles. The third kappa shape index (κ3) is 4.61. The van der Waals surface area contributed by atoms with E-state index in [2.05, 4.69) is 5.32 Å². The highest BCUT2D eigenvalue weighted by Gasteiger charge is 2.06. The molecule has 0 saturated carbocycles. The lowest BCUT2D eigenvalue weighted by molar-refractivity contribution is -0.118. The number of carbonyl (C=O) groups is 1. The van der Waals surface area contributed by atoms with Crippen molar-refractivity contribution in [2.45, 2.75) is 11.3 Å². The minimum atomic E-state index is -0.895. The Morgan fingerprint density at radius 3 is 2.80 bits per heavy atom. The van der Waals surface area contributed by atoms with E-state index in [1.807, 2.05) is 17.5 Å². The SMILES string of the molecule is O=C(CSc1ccc(F)c(F)c1)NCCc1cccs1. The highest BCUT2D eigenvalue weighted by atomic mass is 32.2. The van der Waals surface area contributed by atoms with Crippen LogP contribution in [-0.4, -0.2) is 18.2 Å². The molecule has 0 radical (unpaired) electrons. The predicted octanol–water partition coefficient (Wildman–Crippen LogP) is 3.48. The highest BCUT2D eigenvalue weighted by molar-refractivity contribution is 8.00. The van der Waals surface area contributed by atoms with E-state index in [1.54, 1.807) is 11.3 Å². The van der Waals surface area contributed by atoms with Crippen LogP contribution >= 0.6 is 23.1 Å². The molecule has 1 heterocycles. The zero-order valence-corrected chi connectivity index (χ0v) is 12.2. The van der Waals surface area contributed by atoms with Crippen molar-refractivity contribution in [2.24, 2.45) is 0 Å². The molecule has 0 fully saturated rings. The Morgan fingerprint density at radius 2 is 2.10 bits per heavy atom. The number of carbonyl (C=O) groups excluding carboxylic acids is 1. The Balaban J connectivity index is 1.70. The lowest BCUT2D eigenvalue weighted by Gasteiger charge is -2.04. The minimum Gasteiger partial charge on any atom is -0.355 e. The monoisotopic (exact) mass is 313 g/mol. The first-order chi connectivity index (χ1) is 9.65. The molecule has 0 aliphatic rings. The van der Waals surface area contributed by atoms with Crippen molar-refractivity contribution < 1.29 is 13.6 Å². The molecule has 2 nitrogen and oxygen atoms in total. The molecule has 1 N–H and O–H groups in total. The van der Waals surface area contributed by atoms with Gasteiger partial charge in [-0.25, -0.2) is 8.78 Å². The molecule has 0 spiro atoms. The number of amides is 1. The summed E-state index contributed by atoms with van der Waals surface area (Å²) in [5.74, 6) is -1.70. The molecular formula is C14H13F2NOS2. The smallest absolute Gasteiger partial charge is 0.230 e. The molecule has 0 saturated heterocycles. The van der Waals surface area contributed by atoms with E-state index in [-0.39, 0.29) is 11.7 Å². The van der Waals surface area contributed by atoms with Gasteiger partial charge in [0, 0.05) is 16.3 Å². The van der Waals surface area contributed by atoms with Crippen LogP contribution in [0.25, 0.3) is 0 Å². The highest BCUT2D eigenvalue weighted by Crippen LogP contribution is 2.20. The average molecular weight is 313 g/mol. The molecule has 2 aromatic rings. The summed E-state index contributed by atoms with van der Waals surface area (Å²) in [5.41, 5.74) is 0. The third-order valence-corrected chi connectivity index (χ3v) is 4.46. The summed E-state index contributed by atoms with van der Waals surface area (Å²) in [6.45, 7) is 0.581. The number of thiophene rings is 1. The molecular weight excluding hydrogens is 300 g/mol. The van der Waals surface area contributed by atoms with Crippen LogP contribution in [0.3, 0.4) is 0 Å². The minimum absolute atomic E-state index is 0.115. The second-order valence-electron chi connectivity index (χ2n) is 4.04. The zero-order chi connectivity index (χ0) is 14.4. The molecule has 1 amide bonds. The summed E-state index contributed by atoms with van der Waals surface area (Å²) in [5, 5.41) is 4.79. The quantitative estimate of drug-likeness (QED) is 0.827. The molecule has 0 bridgehead atoms. The van der Waals surface area contributed by atoms with Crippen molar-refractivity contribution >= 4 is 29.0 Å². The van der Waals surface area contributed by atoms with Gasteiger partial charge in [-0.3, -0.25) is 4.79 Å². The van der Waals surface area contributed by atoms with Crippen molar-refractivity contribution in [3.63, 3.8) is 0 Å². The van der Waals surface area contributed by atoms with Crippen molar-refractivity contribution in [3.05, 3.63) is 52.2 Å². The van der Waals surface area contributed by atoms with Crippen LogP contribution < -0.4 is 5.32 Å². The number of hydrogen-bond acceptors (Lipinski definition) is 3. The fourth-order valence-electron chi connectivity index (χ4n) is 1.55. The van der Waals surface area contributed by atoms with Crippen LogP contribution in [0, 0.1) is 11.6 Å². The molecule has 20 heavy (non-hydrogen) atoms. The van der Waals surface area contributed by atoms with Gasteiger partial charge in [0.25, 0.3) is 0 Å². The van der Waals surface area contributed by atoms with Crippen LogP contribution in [0.1, 0.15) is 4.88 Å². The maximum Gasteiger partial charge on any atom is 0.230 e. The molecule has 106 valence electrons. The third-order valence-electron chi connectivity index (χ3n) is 2.53. The first-order valence-electron chi connectivity index (χ1n) is 6.02. The molecule has 1 aromatic carbocycles. The fraction of sp³-hybridized carbons (Fsp3) is 0.214. The predicted molar refractivity (Wildman–Crippen MR) is 78.1 cm³/mol. The molecule has 0 unspecified atom stereocenters. The lowest BCUT2D eigenvalue weighted by atomic mass is 10.3. The van der Waals surface area contributed by atoms with Crippen molar-refractivity contribution in [2.75, 3.05) is 12.3 Å². The van der Waals surface area contributed by atoms with Gasteiger partial charge in [-0.2, -0.15) is 0 Å². The van der Waals surface area contributed by atoms with Gasteiger partial charge in [0.15, 0.2) is 11.6 Å². The van der Waals surface area contributed by atoms with E-state index < -0.39 is 11.6 Å². The first-order valence-corrected chi connectivity index (χ1v) is 7.88. The number of rotatable bonds is 6. The Hall–Kier alpha value is -1.40. The van der Waals surface area contributed by atoms with Crippen molar-refractivity contribution in [3.8, 4) is 0 Å². The Morgan fingerprint density at radius 1 is 1.25 bits per heavy atom. The molecule has 0 aliphatic carbocycles. The fourth-order valence-corrected chi connectivity index (χ4v) is 3.01. The van der Waals surface area contributed by atoms with Crippen LogP contribution in [0.15, 0.2) is 40.6 Å². The number of benzene rings is 1. The van der Waals surface area contributed by atoms with E-state index in [0.717, 1.165) is 18.6 Å². The maximum absolute atomic E-state index is 13.0. The van der Waals surface area contributed by atoms with Crippen LogP contribution in [0.5, 0.6) is 0 Å². The first kappa shape index (κ1) is 15.0. The van der Waals surface area contributed by atoms with Gasteiger partial charge in [-0.15, -0.1) is 23.1 Å². The van der Waals surface area contributed by atoms with Gasteiger partial charge in [0.05, 0.1) is 5.75 Å². The lowest BCUT2D eigenvalue weighted by Crippen LogP contribution is -2.27. The number of hydrogen-bond donors (Lipinski definition) is 1. The Bertz CT molecular complexity index is 573. The second-order valence-corrected chi connectivity index (χ2v) is 6.12. The number of halogens is 2. The summed E-state index contributed by atoms with van der Waals surface area (Å²) in [6.07, 6.45) is 0.805. The molecule has 2 rings (SSSR count). The van der Waals surface area contributed by atoms with Crippen LogP contribution in [0.2, 0.25) is 0 Å². The van der Waals surface area contributed by atoms with E-state index in [1.165, 1.54) is 22.7 Å². The summed E-state index contributed by atoms with van der Waals surface area (Å²) >= 11 is 2.84. The van der Waals surface area contributed by atoms with Gasteiger partial charge in [0.2, 0.25) is 5.91 Å². The Kier molecular flexibility index (Phi) is 5.55. The van der Waals surface area contributed by atoms with Crippen molar-refractivity contribution in [1.29, 1.82) is 0 Å². The van der Waals surface area contributed by atoms with Gasteiger partial charge in [-0.05, 0) is 36.1 Å². The van der Waals surface area contributed by atoms with Crippen molar-refractivity contribution in [1.82, 2.24) is 5.32 Å². The Labute approximate surface area is 124 Å². The second kappa shape index (κ2) is 7.40. The normalized spacial score (nSPS) is 10.5. The van der Waals surface area contributed by atoms with E-state index in [4.69, 9.17) is 0 Å². The van der Waals surface area contributed by atoms with Gasteiger partial charge in [-0.1, -0.05) is 6.07 Å². The van der Waals surface area contributed by atoms with Crippen LogP contribution in [0.4, 0.5) is 8.78 Å². The molecule has 0 atom stereocenters. The topological polar surface area (TPSA) is 29.1 Å². The van der Waals surface area contributed by atoms with Crippen LogP contribution in [-0.2, 0) is 11.2 Å². The zero-order valence-electron chi connectivity index (χ0n) is 10.6. The standard InChI is InChI=1S/C14H13F2NOS2/c15-12-4-3-11(8-13(12)16)20-9-14(18)17-6-5-10-2-1-7-19-10/h1-4,7-8H,5-6,9H2,(H,17,18). The van der Waals surface area contributed by atoms with Gasteiger partial charge < -0.3 is 5.32 Å². The summed E-state index contributed by atoms with van der Waals surface area (Å²) in [6, 6.07) is 7.61. The van der Waals surface area contributed by atoms with E-state index >= 15 is 0 Å². The van der Waals surface area contributed by atoms with Gasteiger partial charge >= 0.3 is 0 Å². The maximum atomic E-state index is 13.0. The summed E-state index contributed by atoms with van der Waals surface area (Å²) in [7, 11) is 0. The van der Waals surface area contributed by atoms with Gasteiger partial charge in [0.1, 0.15) is 0 Å². The average Bonchev–Trinajstić information content (AvgIpc) is 2.93. The number of thioether (sulfide) groups is 1. The molecule has 0 aliphatic heterocycles. The molecule has 6 heteroatoms. The largest absolute Gasteiger partial charge is 0.355 e. The van der Waals surface area contributed by atoms with E-state index in [9.17, 15) is 13.6 Å². The summed E-state index contributed by atoms with van der Waals surface area (Å²) in [4.78, 5) is 13.4. The van der Waals surface area contributed by atoms with E-state index in [0.29, 0.717) is 11.4 Å². The number of nitrogens with one attached hydrogen (secondary N) is 1.